The van der Waals surface area contributed by atoms with E-state index in [1.165, 1.54) is 5.56 Å². The van der Waals surface area contributed by atoms with E-state index in [0.717, 1.165) is 22.1 Å². The zero-order chi connectivity index (χ0) is 21.2. The summed E-state index contributed by atoms with van der Waals surface area (Å²) in [6.45, 7) is 6.58. The fourth-order valence-electron chi connectivity index (χ4n) is 3.62. The van der Waals surface area contributed by atoms with Gasteiger partial charge in [-0.15, -0.1) is 0 Å². The maximum Gasteiger partial charge on any atom is 0.277 e. The first-order valence-electron chi connectivity index (χ1n) is 9.45. The maximum absolute atomic E-state index is 12.0. The molecule has 0 radical (unpaired) electrons. The molecule has 0 fully saturated rings. The summed E-state index contributed by atoms with van der Waals surface area (Å²) in [5.74, 6) is 0.677. The lowest BCUT2D eigenvalue weighted by Gasteiger charge is -2.45. The van der Waals surface area contributed by atoms with E-state index in [1.807, 2.05) is 18.2 Å². The summed E-state index contributed by atoms with van der Waals surface area (Å²) in [6.07, 6.45) is 2.63. The van der Waals surface area contributed by atoms with Gasteiger partial charge < -0.3 is 9.64 Å². The van der Waals surface area contributed by atoms with Crippen LogP contribution in [-0.4, -0.2) is 31.3 Å². The van der Waals surface area contributed by atoms with Crippen LogP contribution in [0, 0.1) is 0 Å². The number of benzene rings is 2. The highest BCUT2D eigenvalue weighted by atomic mass is 79.9. The van der Waals surface area contributed by atoms with E-state index < -0.39 is 0 Å². The van der Waals surface area contributed by atoms with Crippen LogP contribution in [0.25, 0.3) is 0 Å². The van der Waals surface area contributed by atoms with Crippen molar-refractivity contribution in [2.24, 2.45) is 5.10 Å². The number of hydrazone groups is 1. The van der Waals surface area contributed by atoms with Gasteiger partial charge in [-0.25, -0.2) is 5.43 Å². The number of carbonyl (C=O) groups is 1. The lowest BCUT2D eigenvalue weighted by atomic mass is 9.80. The Morgan fingerprint density at radius 1 is 1.41 bits per heavy atom. The van der Waals surface area contributed by atoms with Crippen molar-refractivity contribution in [2.45, 2.75) is 38.6 Å². The standard InChI is InChI=1S/C22H25BrClN3O2/c1-14-11-22(2,3)27(4)20-10-19(24)15(8-18(14)20)12-25-26-21(28)13-29-17-7-5-6-16(23)9-17/h5-10,12,14H,11,13H2,1-4H3,(H,26,28)/b25-12+. The minimum Gasteiger partial charge on any atom is -0.484 e. The highest BCUT2D eigenvalue weighted by Crippen LogP contribution is 2.44. The molecular weight excluding hydrogens is 454 g/mol. The van der Waals surface area contributed by atoms with Gasteiger partial charge in [-0.05, 0) is 62.1 Å². The molecule has 0 aromatic heterocycles. The molecule has 154 valence electrons. The molecule has 1 unspecified atom stereocenters. The second-order valence-corrected chi connectivity index (χ2v) is 9.27. The number of carbonyl (C=O) groups excluding carboxylic acids is 1. The lowest BCUT2D eigenvalue weighted by molar-refractivity contribution is -0.123. The van der Waals surface area contributed by atoms with E-state index in [-0.39, 0.29) is 18.1 Å². The largest absolute Gasteiger partial charge is 0.484 e. The Morgan fingerprint density at radius 2 is 2.17 bits per heavy atom. The summed E-state index contributed by atoms with van der Waals surface area (Å²) in [4.78, 5) is 14.2. The first-order valence-corrected chi connectivity index (χ1v) is 10.6. The van der Waals surface area contributed by atoms with Crippen molar-refractivity contribution in [3.8, 4) is 5.75 Å². The topological polar surface area (TPSA) is 53.9 Å². The number of nitrogens with one attached hydrogen (secondary N) is 1. The highest BCUT2D eigenvalue weighted by molar-refractivity contribution is 9.10. The third-order valence-electron chi connectivity index (χ3n) is 5.31. The molecule has 0 aliphatic carbocycles. The second kappa shape index (κ2) is 8.76. The minimum absolute atomic E-state index is 0.0771. The molecule has 1 heterocycles. The summed E-state index contributed by atoms with van der Waals surface area (Å²) in [5, 5.41) is 4.64. The van der Waals surface area contributed by atoms with Crippen molar-refractivity contribution in [1.29, 1.82) is 0 Å². The van der Waals surface area contributed by atoms with E-state index in [4.69, 9.17) is 16.3 Å². The van der Waals surface area contributed by atoms with Gasteiger partial charge in [0.15, 0.2) is 6.61 Å². The van der Waals surface area contributed by atoms with Gasteiger partial charge >= 0.3 is 0 Å². The number of hydrogen-bond acceptors (Lipinski definition) is 4. The molecule has 1 aliphatic heterocycles. The Morgan fingerprint density at radius 3 is 2.90 bits per heavy atom. The molecule has 2 aromatic carbocycles. The first-order chi connectivity index (χ1) is 13.7. The summed E-state index contributed by atoms with van der Waals surface area (Å²) in [5.41, 5.74) is 5.71. The highest BCUT2D eigenvalue weighted by Gasteiger charge is 2.34. The summed E-state index contributed by atoms with van der Waals surface area (Å²) in [7, 11) is 2.10. The molecule has 1 atom stereocenters. The van der Waals surface area contributed by atoms with Gasteiger partial charge in [0.05, 0.1) is 11.2 Å². The molecule has 3 rings (SSSR count). The molecule has 0 bridgehead atoms. The molecule has 7 heteroatoms. The van der Waals surface area contributed by atoms with Crippen LogP contribution in [0.5, 0.6) is 5.75 Å². The Hall–Kier alpha value is -2.05. The fraction of sp³-hybridized carbons (Fsp3) is 0.364. The fourth-order valence-corrected chi connectivity index (χ4v) is 4.20. The Balaban J connectivity index is 1.65. The molecule has 1 aliphatic rings. The van der Waals surface area contributed by atoms with Crippen molar-refractivity contribution < 1.29 is 9.53 Å². The van der Waals surface area contributed by atoms with Gasteiger partial charge in [0, 0.05) is 28.3 Å². The average Bonchev–Trinajstić information content (AvgIpc) is 2.65. The van der Waals surface area contributed by atoms with Crippen molar-refractivity contribution in [3.05, 3.63) is 57.0 Å². The zero-order valence-corrected chi connectivity index (χ0v) is 19.3. The number of halogens is 2. The zero-order valence-electron chi connectivity index (χ0n) is 17.0. The van der Waals surface area contributed by atoms with Crippen LogP contribution in [0.15, 0.2) is 46.0 Å². The normalized spacial score (nSPS) is 17.9. The predicted molar refractivity (Wildman–Crippen MR) is 122 cm³/mol. The summed E-state index contributed by atoms with van der Waals surface area (Å²) >= 11 is 9.84. The number of ether oxygens (including phenoxy) is 1. The van der Waals surface area contributed by atoms with E-state index in [9.17, 15) is 4.79 Å². The molecule has 1 N–H and O–H groups in total. The van der Waals surface area contributed by atoms with Gasteiger partial charge in [-0.3, -0.25) is 4.79 Å². The third kappa shape index (κ3) is 5.11. The van der Waals surface area contributed by atoms with Gasteiger partial charge in [0.2, 0.25) is 0 Å². The van der Waals surface area contributed by atoms with E-state index in [1.54, 1.807) is 18.3 Å². The Labute approximate surface area is 185 Å². The molecule has 5 nitrogen and oxygen atoms in total. The third-order valence-corrected chi connectivity index (χ3v) is 6.13. The second-order valence-electron chi connectivity index (χ2n) is 7.95. The minimum atomic E-state index is -0.342. The van der Waals surface area contributed by atoms with E-state index in [0.29, 0.717) is 16.7 Å². The quantitative estimate of drug-likeness (QED) is 0.465. The lowest BCUT2D eigenvalue weighted by Crippen LogP contribution is -2.45. The molecular formula is C22H25BrClN3O2. The van der Waals surface area contributed by atoms with Crippen LogP contribution in [0.1, 0.15) is 44.2 Å². The number of rotatable bonds is 5. The molecule has 29 heavy (non-hydrogen) atoms. The number of nitrogens with zero attached hydrogens (tertiary/aromatic N) is 2. The number of fused-ring (bicyclic) bond motifs is 1. The maximum atomic E-state index is 12.0. The van der Waals surface area contributed by atoms with Gasteiger partial charge in [0.25, 0.3) is 5.91 Å². The van der Waals surface area contributed by atoms with Crippen LogP contribution in [0.4, 0.5) is 5.69 Å². The Kier molecular flexibility index (Phi) is 6.54. The monoisotopic (exact) mass is 477 g/mol. The van der Waals surface area contributed by atoms with Crippen LogP contribution in [0.3, 0.4) is 0 Å². The molecule has 0 saturated heterocycles. The molecule has 1 amide bonds. The van der Waals surface area contributed by atoms with Crippen LogP contribution >= 0.6 is 27.5 Å². The average molecular weight is 479 g/mol. The molecule has 0 saturated carbocycles. The molecule has 2 aromatic rings. The Bertz CT molecular complexity index is 946. The SMILES string of the molecule is CC1CC(C)(C)N(C)c2cc(Cl)c(/C=N/NC(=O)COc3cccc(Br)c3)cc21. The van der Waals surface area contributed by atoms with Crippen LogP contribution in [0.2, 0.25) is 5.02 Å². The summed E-state index contributed by atoms with van der Waals surface area (Å²) in [6, 6.07) is 11.3. The number of amides is 1. The van der Waals surface area contributed by atoms with Gasteiger partial charge in [0.1, 0.15) is 5.75 Å². The van der Waals surface area contributed by atoms with E-state index in [2.05, 4.69) is 65.2 Å². The molecule has 0 spiro atoms. The van der Waals surface area contributed by atoms with Crippen molar-refractivity contribution >= 4 is 45.3 Å². The number of hydrogen-bond donors (Lipinski definition) is 1. The van der Waals surface area contributed by atoms with Crippen molar-refractivity contribution in [2.75, 3.05) is 18.6 Å². The van der Waals surface area contributed by atoms with Crippen LogP contribution < -0.4 is 15.1 Å². The number of anilines is 1. The van der Waals surface area contributed by atoms with Gasteiger partial charge in [-0.2, -0.15) is 5.10 Å². The van der Waals surface area contributed by atoms with Crippen LogP contribution in [-0.2, 0) is 4.79 Å². The smallest absolute Gasteiger partial charge is 0.277 e. The van der Waals surface area contributed by atoms with Crippen molar-refractivity contribution in [3.63, 3.8) is 0 Å². The van der Waals surface area contributed by atoms with E-state index >= 15 is 0 Å². The van der Waals surface area contributed by atoms with Crippen molar-refractivity contribution in [1.82, 2.24) is 5.43 Å². The van der Waals surface area contributed by atoms with Gasteiger partial charge in [-0.1, -0.05) is 40.5 Å². The first kappa shape index (κ1) is 21.7. The summed E-state index contributed by atoms with van der Waals surface area (Å²) < 4.78 is 6.34. The predicted octanol–water partition coefficient (Wildman–Crippen LogP) is 5.35.